The Morgan fingerprint density at radius 3 is 2.07 bits per heavy atom. The molecule has 0 N–H and O–H groups in total. The fourth-order valence-corrected chi connectivity index (χ4v) is 3.07. The molecule has 3 aromatic rings. The summed E-state index contributed by atoms with van der Waals surface area (Å²) in [5.41, 5.74) is 0.0635. The maximum absolute atomic E-state index is 14.6. The quantitative estimate of drug-likeness (QED) is 0.315. The van der Waals surface area contributed by atoms with Crippen molar-refractivity contribution < 1.29 is 26.7 Å². The molecule has 2 aromatic carbocycles. The average Bonchev–Trinajstić information content (AvgIpc) is 2.99. The standard InChI is InChI=1S/C20H20F4O2.CH4/c1-3-5-6-8-25-14-10-13-16(20(24)18(14)22)15-12(26-13)9-11(7-4-2)17(21)19(15)23;/h9-10H,3-8H2,1-2H3;1H4. The van der Waals surface area contributed by atoms with Crippen LogP contribution in [0.5, 0.6) is 5.75 Å². The third kappa shape index (κ3) is 3.75. The van der Waals surface area contributed by atoms with Gasteiger partial charge in [0.1, 0.15) is 11.2 Å². The van der Waals surface area contributed by atoms with E-state index in [1.807, 2.05) is 13.8 Å². The Bertz CT molecular complexity index is 947. The summed E-state index contributed by atoms with van der Waals surface area (Å²) in [5, 5.41) is -0.788. The maximum atomic E-state index is 14.6. The van der Waals surface area contributed by atoms with Gasteiger partial charge in [-0.3, -0.25) is 0 Å². The van der Waals surface area contributed by atoms with Gasteiger partial charge < -0.3 is 9.15 Å². The molecule has 0 saturated carbocycles. The molecular weight excluding hydrogens is 360 g/mol. The van der Waals surface area contributed by atoms with E-state index >= 15 is 0 Å². The zero-order chi connectivity index (χ0) is 18.8. The predicted octanol–water partition coefficient (Wildman–Crippen LogP) is 7.30. The maximum Gasteiger partial charge on any atom is 0.201 e. The predicted molar refractivity (Wildman–Crippen MR) is 99.3 cm³/mol. The number of furan rings is 1. The second kappa shape index (κ2) is 8.63. The van der Waals surface area contributed by atoms with Gasteiger partial charge in [0, 0.05) is 6.07 Å². The van der Waals surface area contributed by atoms with Gasteiger partial charge in [0.05, 0.1) is 17.4 Å². The minimum Gasteiger partial charge on any atom is -0.490 e. The Labute approximate surface area is 156 Å². The van der Waals surface area contributed by atoms with E-state index in [-0.39, 0.29) is 41.9 Å². The Balaban J connectivity index is 0.00000261. The van der Waals surface area contributed by atoms with Crippen LogP contribution in [0.2, 0.25) is 0 Å². The Morgan fingerprint density at radius 1 is 0.815 bits per heavy atom. The summed E-state index contributed by atoms with van der Waals surface area (Å²) >= 11 is 0. The molecule has 0 amide bonds. The lowest BCUT2D eigenvalue weighted by Gasteiger charge is -2.08. The first-order valence-corrected chi connectivity index (χ1v) is 8.83. The van der Waals surface area contributed by atoms with E-state index in [0.29, 0.717) is 19.3 Å². The van der Waals surface area contributed by atoms with Gasteiger partial charge in [0.25, 0.3) is 0 Å². The van der Waals surface area contributed by atoms with E-state index in [1.54, 1.807) is 0 Å². The third-order valence-electron chi connectivity index (χ3n) is 4.38. The van der Waals surface area contributed by atoms with Crippen LogP contribution in [-0.2, 0) is 6.42 Å². The molecule has 1 heterocycles. The van der Waals surface area contributed by atoms with E-state index in [1.165, 1.54) is 12.1 Å². The SMILES string of the molecule is C.CCCCCOc1cc2oc3cc(CCC)c(F)c(F)c3c2c(F)c1F. The number of unbranched alkanes of at least 4 members (excludes halogenated alkanes) is 2. The lowest BCUT2D eigenvalue weighted by Crippen LogP contribution is -2.01. The van der Waals surface area contributed by atoms with Crippen molar-refractivity contribution in [2.24, 2.45) is 0 Å². The molecule has 0 bridgehead atoms. The monoisotopic (exact) mass is 384 g/mol. The highest BCUT2D eigenvalue weighted by atomic mass is 19.2. The van der Waals surface area contributed by atoms with Gasteiger partial charge in [-0.1, -0.05) is 40.5 Å². The first kappa shape index (κ1) is 21.1. The number of halogens is 4. The van der Waals surface area contributed by atoms with Crippen molar-refractivity contribution in [1.82, 2.24) is 0 Å². The third-order valence-corrected chi connectivity index (χ3v) is 4.38. The van der Waals surface area contributed by atoms with Gasteiger partial charge in [-0.05, 0) is 24.5 Å². The van der Waals surface area contributed by atoms with Crippen LogP contribution < -0.4 is 4.74 Å². The fourth-order valence-electron chi connectivity index (χ4n) is 3.07. The zero-order valence-electron chi connectivity index (χ0n) is 14.7. The van der Waals surface area contributed by atoms with Gasteiger partial charge in [-0.2, -0.15) is 4.39 Å². The van der Waals surface area contributed by atoms with E-state index < -0.39 is 28.7 Å². The van der Waals surface area contributed by atoms with Crippen LogP contribution in [0.15, 0.2) is 16.5 Å². The van der Waals surface area contributed by atoms with Crippen molar-refractivity contribution in [2.45, 2.75) is 53.4 Å². The summed E-state index contributed by atoms with van der Waals surface area (Å²) in [7, 11) is 0. The normalized spacial score (nSPS) is 11.2. The highest BCUT2D eigenvalue weighted by Crippen LogP contribution is 2.38. The lowest BCUT2D eigenvalue weighted by atomic mass is 10.0. The number of aryl methyl sites for hydroxylation is 1. The van der Waals surface area contributed by atoms with Crippen molar-refractivity contribution in [2.75, 3.05) is 6.61 Å². The van der Waals surface area contributed by atoms with Crippen LogP contribution in [0.3, 0.4) is 0 Å². The van der Waals surface area contributed by atoms with Crippen LogP contribution in [0, 0.1) is 23.3 Å². The molecular formula is C21H24F4O2. The molecule has 0 radical (unpaired) electrons. The van der Waals surface area contributed by atoms with E-state index in [9.17, 15) is 17.6 Å². The summed E-state index contributed by atoms with van der Waals surface area (Å²) < 4.78 is 68.4. The summed E-state index contributed by atoms with van der Waals surface area (Å²) in [6.07, 6.45) is 3.50. The lowest BCUT2D eigenvalue weighted by molar-refractivity contribution is 0.287. The van der Waals surface area contributed by atoms with Gasteiger partial charge in [0.2, 0.25) is 5.82 Å². The van der Waals surface area contributed by atoms with Crippen molar-refractivity contribution >= 4 is 21.9 Å². The summed E-state index contributed by atoms with van der Waals surface area (Å²) in [6, 6.07) is 2.53. The highest BCUT2D eigenvalue weighted by Gasteiger charge is 2.25. The van der Waals surface area contributed by atoms with Gasteiger partial charge >= 0.3 is 0 Å². The van der Waals surface area contributed by atoms with Crippen LogP contribution in [0.25, 0.3) is 21.9 Å². The molecule has 3 rings (SSSR count). The highest BCUT2D eigenvalue weighted by molar-refractivity contribution is 6.06. The minimum absolute atomic E-state index is 0. The number of hydrogen-bond acceptors (Lipinski definition) is 2. The van der Waals surface area contributed by atoms with Crippen LogP contribution in [0.4, 0.5) is 17.6 Å². The minimum atomic E-state index is -1.30. The molecule has 0 atom stereocenters. The van der Waals surface area contributed by atoms with Crippen molar-refractivity contribution in [3.05, 3.63) is 41.0 Å². The van der Waals surface area contributed by atoms with Gasteiger partial charge in [0.15, 0.2) is 23.2 Å². The topological polar surface area (TPSA) is 22.4 Å². The number of fused-ring (bicyclic) bond motifs is 3. The zero-order valence-corrected chi connectivity index (χ0v) is 14.7. The second-order valence-electron chi connectivity index (χ2n) is 6.32. The number of hydrogen-bond donors (Lipinski definition) is 0. The van der Waals surface area contributed by atoms with Crippen LogP contribution >= 0.6 is 0 Å². The van der Waals surface area contributed by atoms with E-state index in [0.717, 1.165) is 12.8 Å². The largest absolute Gasteiger partial charge is 0.490 e. The fraction of sp³-hybridized carbons (Fsp3) is 0.429. The number of ether oxygens (including phenoxy) is 1. The first-order chi connectivity index (χ1) is 12.5. The number of rotatable bonds is 7. The van der Waals surface area contributed by atoms with Crippen LogP contribution in [0.1, 0.15) is 52.5 Å². The van der Waals surface area contributed by atoms with Crippen LogP contribution in [-0.4, -0.2) is 6.61 Å². The van der Waals surface area contributed by atoms with Crippen molar-refractivity contribution in [3.63, 3.8) is 0 Å². The molecule has 0 saturated heterocycles. The molecule has 27 heavy (non-hydrogen) atoms. The Kier molecular flexibility index (Phi) is 6.73. The smallest absolute Gasteiger partial charge is 0.201 e. The molecule has 6 heteroatoms. The molecule has 0 aliphatic carbocycles. The molecule has 0 spiro atoms. The molecule has 1 aromatic heterocycles. The molecule has 0 aliphatic rings. The first-order valence-electron chi connectivity index (χ1n) is 8.83. The molecule has 0 unspecified atom stereocenters. The second-order valence-corrected chi connectivity index (χ2v) is 6.32. The molecule has 148 valence electrons. The Hall–Kier alpha value is -2.24. The van der Waals surface area contributed by atoms with Crippen molar-refractivity contribution in [3.8, 4) is 5.75 Å². The molecule has 0 aliphatic heterocycles. The summed E-state index contributed by atoms with van der Waals surface area (Å²) in [6.45, 7) is 4.08. The summed E-state index contributed by atoms with van der Waals surface area (Å²) in [4.78, 5) is 0. The number of benzene rings is 2. The van der Waals surface area contributed by atoms with E-state index in [2.05, 4.69) is 0 Å². The average molecular weight is 384 g/mol. The van der Waals surface area contributed by atoms with Gasteiger partial charge in [-0.25, -0.2) is 13.2 Å². The van der Waals surface area contributed by atoms with Gasteiger partial charge in [-0.15, -0.1) is 0 Å². The molecule has 2 nitrogen and oxygen atoms in total. The molecule has 0 fully saturated rings. The van der Waals surface area contributed by atoms with E-state index in [4.69, 9.17) is 9.15 Å². The summed E-state index contributed by atoms with van der Waals surface area (Å²) in [5.74, 6) is -5.09. The van der Waals surface area contributed by atoms with Crippen molar-refractivity contribution in [1.29, 1.82) is 0 Å². The Morgan fingerprint density at radius 2 is 1.44 bits per heavy atom.